The summed E-state index contributed by atoms with van der Waals surface area (Å²) in [5, 5.41) is 2.95. The van der Waals surface area contributed by atoms with Crippen LogP contribution in [0.1, 0.15) is 32.9 Å². The second-order valence-electron chi connectivity index (χ2n) is 8.79. The lowest BCUT2D eigenvalue weighted by molar-refractivity contribution is 0.0750. The van der Waals surface area contributed by atoms with E-state index in [4.69, 9.17) is 4.74 Å². The van der Waals surface area contributed by atoms with Gasteiger partial charge in [-0.05, 0) is 54.8 Å². The topological polar surface area (TPSA) is 74.8 Å². The standard InChI is InChI=1S/C26H26F2N4O3S/c27-20-6-5-17(15-21(20)28)22-7-8-23(36-22)26(34)32-12-10-31(11-13-32)24-19(4-1-9-29-24)25(33)30-16-18-3-2-14-35-18/h1,4-9,15,18H,2-3,10-14,16H2,(H,30,33)/t18-/m0/s1. The Kier molecular flexibility index (Phi) is 7.24. The molecule has 0 spiro atoms. The first-order valence-electron chi connectivity index (χ1n) is 11.9. The largest absolute Gasteiger partial charge is 0.376 e. The highest BCUT2D eigenvalue weighted by molar-refractivity contribution is 7.17. The van der Waals surface area contributed by atoms with Gasteiger partial charge in [0.15, 0.2) is 11.6 Å². The van der Waals surface area contributed by atoms with Crippen LogP contribution in [0.15, 0.2) is 48.7 Å². The van der Waals surface area contributed by atoms with Crippen molar-refractivity contribution in [3.63, 3.8) is 0 Å². The van der Waals surface area contributed by atoms with E-state index in [-0.39, 0.29) is 17.9 Å². The third kappa shape index (κ3) is 5.24. The number of piperazine rings is 1. The third-order valence-corrected chi connectivity index (χ3v) is 7.56. The zero-order valence-corrected chi connectivity index (χ0v) is 20.4. The van der Waals surface area contributed by atoms with Crippen molar-refractivity contribution in [1.29, 1.82) is 0 Å². The molecule has 2 amide bonds. The van der Waals surface area contributed by atoms with Gasteiger partial charge in [0, 0.05) is 50.4 Å². The van der Waals surface area contributed by atoms with E-state index in [9.17, 15) is 18.4 Å². The zero-order valence-electron chi connectivity index (χ0n) is 19.6. The van der Waals surface area contributed by atoms with Crippen molar-refractivity contribution in [3.8, 4) is 10.4 Å². The number of benzene rings is 1. The van der Waals surface area contributed by atoms with Crippen LogP contribution in [-0.2, 0) is 4.74 Å². The van der Waals surface area contributed by atoms with Gasteiger partial charge in [-0.25, -0.2) is 13.8 Å². The Balaban J connectivity index is 1.21. The van der Waals surface area contributed by atoms with Crippen LogP contribution in [-0.4, -0.2) is 67.1 Å². The fraction of sp³-hybridized carbons (Fsp3) is 0.346. The highest BCUT2D eigenvalue weighted by Gasteiger charge is 2.27. The molecule has 4 heterocycles. The molecule has 1 N–H and O–H groups in total. The lowest BCUT2D eigenvalue weighted by Gasteiger charge is -2.35. The number of carbonyl (C=O) groups is 2. The predicted octanol–water partition coefficient (Wildman–Crippen LogP) is 3.96. The monoisotopic (exact) mass is 512 g/mol. The van der Waals surface area contributed by atoms with E-state index in [1.54, 1.807) is 35.4 Å². The van der Waals surface area contributed by atoms with Gasteiger partial charge >= 0.3 is 0 Å². The number of ether oxygens (including phenoxy) is 1. The second-order valence-corrected chi connectivity index (χ2v) is 9.88. The Hall–Kier alpha value is -3.37. The normalized spacial score (nSPS) is 17.9. The summed E-state index contributed by atoms with van der Waals surface area (Å²) in [6, 6.07) is 10.7. The first kappa shape index (κ1) is 24.3. The minimum Gasteiger partial charge on any atom is -0.376 e. The Morgan fingerprint density at radius 1 is 1.08 bits per heavy atom. The number of carbonyl (C=O) groups excluding carboxylic acids is 2. The molecule has 2 aromatic heterocycles. The molecule has 0 unspecified atom stereocenters. The van der Waals surface area contributed by atoms with Crippen molar-refractivity contribution in [2.45, 2.75) is 18.9 Å². The molecule has 0 aliphatic carbocycles. The molecular weight excluding hydrogens is 486 g/mol. The van der Waals surface area contributed by atoms with Crippen molar-refractivity contribution in [1.82, 2.24) is 15.2 Å². The van der Waals surface area contributed by atoms with Crippen LogP contribution in [0.3, 0.4) is 0 Å². The predicted molar refractivity (Wildman–Crippen MR) is 133 cm³/mol. The fourth-order valence-electron chi connectivity index (χ4n) is 4.47. The molecule has 5 rings (SSSR count). The maximum atomic E-state index is 13.6. The summed E-state index contributed by atoms with van der Waals surface area (Å²) in [4.78, 5) is 35.4. The summed E-state index contributed by atoms with van der Waals surface area (Å²) in [6.45, 7) is 3.24. The molecule has 2 aliphatic heterocycles. The van der Waals surface area contributed by atoms with E-state index in [1.807, 2.05) is 4.90 Å². The Morgan fingerprint density at radius 3 is 2.67 bits per heavy atom. The van der Waals surface area contributed by atoms with E-state index < -0.39 is 11.6 Å². The summed E-state index contributed by atoms with van der Waals surface area (Å²) in [5.74, 6) is -1.51. The number of amides is 2. The maximum absolute atomic E-state index is 13.6. The molecule has 1 aromatic carbocycles. The molecule has 0 saturated carbocycles. The summed E-state index contributed by atoms with van der Waals surface area (Å²) in [6.07, 6.45) is 3.68. The fourth-order valence-corrected chi connectivity index (χ4v) is 5.44. The molecule has 10 heteroatoms. The molecule has 0 radical (unpaired) electrons. The van der Waals surface area contributed by atoms with Gasteiger partial charge in [-0.15, -0.1) is 11.3 Å². The molecule has 36 heavy (non-hydrogen) atoms. The van der Waals surface area contributed by atoms with E-state index in [1.165, 1.54) is 17.4 Å². The van der Waals surface area contributed by atoms with Gasteiger partial charge in [-0.3, -0.25) is 9.59 Å². The number of nitrogens with one attached hydrogen (secondary N) is 1. The third-order valence-electron chi connectivity index (χ3n) is 6.43. The quantitative estimate of drug-likeness (QED) is 0.541. The number of nitrogens with zero attached hydrogens (tertiary/aromatic N) is 3. The van der Waals surface area contributed by atoms with E-state index in [2.05, 4.69) is 10.3 Å². The van der Waals surface area contributed by atoms with Gasteiger partial charge < -0.3 is 19.9 Å². The zero-order chi connectivity index (χ0) is 25.1. The van der Waals surface area contributed by atoms with Crippen LogP contribution < -0.4 is 10.2 Å². The van der Waals surface area contributed by atoms with Crippen molar-refractivity contribution in [2.24, 2.45) is 0 Å². The lowest BCUT2D eigenvalue weighted by Crippen LogP contribution is -2.49. The van der Waals surface area contributed by atoms with E-state index >= 15 is 0 Å². The number of thiophene rings is 1. The van der Waals surface area contributed by atoms with Gasteiger partial charge in [-0.2, -0.15) is 0 Å². The molecule has 2 aliphatic rings. The summed E-state index contributed by atoms with van der Waals surface area (Å²) >= 11 is 1.25. The van der Waals surface area contributed by atoms with Crippen LogP contribution in [0.2, 0.25) is 0 Å². The summed E-state index contributed by atoms with van der Waals surface area (Å²) in [5.41, 5.74) is 1.04. The number of rotatable bonds is 6. The summed E-state index contributed by atoms with van der Waals surface area (Å²) < 4.78 is 32.4. The van der Waals surface area contributed by atoms with Gasteiger partial charge in [0.25, 0.3) is 11.8 Å². The number of hydrogen-bond donors (Lipinski definition) is 1. The van der Waals surface area contributed by atoms with Gasteiger partial charge in [0.2, 0.25) is 0 Å². The van der Waals surface area contributed by atoms with Crippen molar-refractivity contribution in [3.05, 3.63) is 70.7 Å². The van der Waals surface area contributed by atoms with Crippen LogP contribution in [0, 0.1) is 11.6 Å². The smallest absolute Gasteiger partial charge is 0.264 e. The Bertz CT molecular complexity index is 1250. The number of halogens is 2. The molecule has 3 aromatic rings. The van der Waals surface area contributed by atoms with E-state index in [0.29, 0.717) is 59.4 Å². The lowest BCUT2D eigenvalue weighted by atomic mass is 10.2. The van der Waals surface area contributed by atoms with Crippen LogP contribution in [0.5, 0.6) is 0 Å². The van der Waals surface area contributed by atoms with Crippen LogP contribution >= 0.6 is 11.3 Å². The molecular formula is C26H26F2N4O3S. The van der Waals surface area contributed by atoms with Crippen molar-refractivity contribution >= 4 is 29.0 Å². The average molecular weight is 513 g/mol. The van der Waals surface area contributed by atoms with Crippen molar-refractivity contribution < 1.29 is 23.1 Å². The molecule has 2 fully saturated rings. The van der Waals surface area contributed by atoms with E-state index in [0.717, 1.165) is 31.6 Å². The highest BCUT2D eigenvalue weighted by Crippen LogP contribution is 2.30. The number of hydrogen-bond acceptors (Lipinski definition) is 6. The molecule has 1 atom stereocenters. The minimum absolute atomic E-state index is 0.0588. The molecule has 188 valence electrons. The maximum Gasteiger partial charge on any atom is 0.264 e. The van der Waals surface area contributed by atoms with Crippen LogP contribution in [0.4, 0.5) is 14.6 Å². The first-order chi connectivity index (χ1) is 17.5. The molecule has 7 nitrogen and oxygen atoms in total. The van der Waals surface area contributed by atoms with Crippen LogP contribution in [0.25, 0.3) is 10.4 Å². The molecule has 0 bridgehead atoms. The van der Waals surface area contributed by atoms with Gasteiger partial charge in [0.1, 0.15) is 5.82 Å². The number of pyridine rings is 1. The SMILES string of the molecule is O=C(NC[C@@H]1CCCO1)c1cccnc1N1CCN(C(=O)c2ccc(-c3ccc(F)c(F)c3)s2)CC1. The molecule has 2 saturated heterocycles. The highest BCUT2D eigenvalue weighted by atomic mass is 32.1. The Morgan fingerprint density at radius 2 is 1.92 bits per heavy atom. The van der Waals surface area contributed by atoms with Gasteiger partial charge in [0.05, 0.1) is 16.5 Å². The number of aromatic nitrogens is 1. The Labute approximate surface area is 211 Å². The average Bonchev–Trinajstić information content (AvgIpc) is 3.61. The first-order valence-corrected chi connectivity index (χ1v) is 12.8. The number of anilines is 1. The van der Waals surface area contributed by atoms with Gasteiger partial charge in [-0.1, -0.05) is 6.07 Å². The minimum atomic E-state index is -0.917. The van der Waals surface area contributed by atoms with Crippen molar-refractivity contribution in [2.75, 3.05) is 44.2 Å². The summed E-state index contributed by atoms with van der Waals surface area (Å²) in [7, 11) is 0. The second kappa shape index (κ2) is 10.7.